The summed E-state index contributed by atoms with van der Waals surface area (Å²) >= 11 is 1.54. The Labute approximate surface area is 97.1 Å². The van der Waals surface area contributed by atoms with Crippen LogP contribution < -0.4 is 0 Å². The first-order valence-electron chi connectivity index (χ1n) is 5.17. The molecular weight excluding hydrogens is 228 g/mol. The predicted molar refractivity (Wildman–Crippen MR) is 57.8 cm³/mol. The molecule has 6 heteroatoms. The Bertz CT molecular complexity index is 381. The van der Waals surface area contributed by atoms with Gasteiger partial charge in [-0.15, -0.1) is 0 Å². The van der Waals surface area contributed by atoms with E-state index in [1.165, 1.54) is 11.3 Å². The third-order valence-corrected chi connectivity index (χ3v) is 3.51. The topological polar surface area (TPSA) is 42.0 Å². The maximum Gasteiger partial charge on any atom is 0.254 e. The van der Waals surface area contributed by atoms with Crippen molar-refractivity contribution in [2.45, 2.75) is 6.23 Å². The molecule has 1 unspecified atom stereocenters. The zero-order valence-electron chi connectivity index (χ0n) is 8.67. The van der Waals surface area contributed by atoms with Crippen molar-refractivity contribution in [3.63, 3.8) is 0 Å². The molecule has 0 saturated carbocycles. The molecule has 2 fully saturated rings. The van der Waals surface area contributed by atoms with Crippen molar-refractivity contribution in [3.05, 3.63) is 22.4 Å². The number of piperazine rings is 1. The van der Waals surface area contributed by atoms with Crippen LogP contribution in [0.25, 0.3) is 0 Å². The summed E-state index contributed by atoms with van der Waals surface area (Å²) in [6.45, 7) is 2.27. The largest absolute Gasteiger partial charge is 0.333 e. The summed E-state index contributed by atoms with van der Waals surface area (Å²) in [6, 6.07) is 1.85. The van der Waals surface area contributed by atoms with E-state index in [0.717, 1.165) is 5.56 Å². The van der Waals surface area contributed by atoms with Gasteiger partial charge >= 0.3 is 0 Å². The molecule has 2 saturated heterocycles. The minimum Gasteiger partial charge on any atom is -0.333 e. The van der Waals surface area contributed by atoms with Crippen molar-refractivity contribution in [2.24, 2.45) is 0 Å². The quantitative estimate of drug-likeness (QED) is 0.726. The van der Waals surface area contributed by atoms with E-state index in [9.17, 15) is 4.79 Å². The number of thiophene rings is 1. The van der Waals surface area contributed by atoms with E-state index in [2.05, 4.69) is 0 Å². The third kappa shape index (κ3) is 1.73. The fourth-order valence-electron chi connectivity index (χ4n) is 1.95. The van der Waals surface area contributed by atoms with Crippen LogP contribution >= 0.6 is 11.3 Å². The number of hydrogen-bond donors (Lipinski definition) is 0. The Morgan fingerprint density at radius 2 is 2.44 bits per heavy atom. The molecular formula is C10H12N2O3S. The number of rotatable bonds is 1. The molecule has 0 radical (unpaired) electrons. The molecule has 5 nitrogen and oxygen atoms in total. The van der Waals surface area contributed by atoms with Crippen LogP contribution in [0.5, 0.6) is 0 Å². The summed E-state index contributed by atoms with van der Waals surface area (Å²) in [5.41, 5.74) is 0.761. The first-order chi connectivity index (χ1) is 7.84. The second-order valence-electron chi connectivity index (χ2n) is 3.77. The Balaban J connectivity index is 1.70. The highest BCUT2D eigenvalue weighted by Gasteiger charge is 2.35. The van der Waals surface area contributed by atoms with Crippen LogP contribution in [-0.2, 0) is 9.57 Å². The molecule has 86 valence electrons. The normalized spacial score (nSPS) is 25.8. The molecule has 1 aromatic rings. The van der Waals surface area contributed by atoms with Crippen molar-refractivity contribution in [1.82, 2.24) is 9.96 Å². The van der Waals surface area contributed by atoms with Crippen LogP contribution in [0.3, 0.4) is 0 Å². The minimum absolute atomic E-state index is 0.0800. The Morgan fingerprint density at radius 3 is 3.25 bits per heavy atom. The highest BCUT2D eigenvalue weighted by molar-refractivity contribution is 7.08. The first-order valence-corrected chi connectivity index (χ1v) is 6.11. The van der Waals surface area contributed by atoms with E-state index < -0.39 is 0 Å². The summed E-state index contributed by atoms with van der Waals surface area (Å²) in [4.78, 5) is 19.1. The molecule has 2 aliphatic rings. The number of fused-ring (bicyclic) bond motifs is 1. The van der Waals surface area contributed by atoms with E-state index in [1.54, 1.807) is 5.06 Å². The minimum atomic E-state index is -0.101. The fraction of sp³-hybridized carbons (Fsp3) is 0.500. The maximum atomic E-state index is 12.1. The lowest BCUT2D eigenvalue weighted by Crippen LogP contribution is -2.52. The van der Waals surface area contributed by atoms with Crippen LogP contribution in [0.4, 0.5) is 0 Å². The lowest BCUT2D eigenvalue weighted by Gasteiger charge is -2.34. The number of hydrogen-bond acceptors (Lipinski definition) is 5. The van der Waals surface area contributed by atoms with Gasteiger partial charge in [-0.1, -0.05) is 0 Å². The van der Waals surface area contributed by atoms with Gasteiger partial charge in [-0.2, -0.15) is 16.4 Å². The number of ether oxygens (including phenoxy) is 1. The SMILES string of the molecule is O=C(c1ccsc1)N1CCN2OCOC2C1. The molecule has 3 heterocycles. The van der Waals surface area contributed by atoms with Gasteiger partial charge in [0.25, 0.3) is 5.91 Å². The monoisotopic (exact) mass is 240 g/mol. The van der Waals surface area contributed by atoms with Crippen LogP contribution in [0, 0.1) is 0 Å². The molecule has 3 rings (SSSR count). The molecule has 2 aliphatic heterocycles. The van der Waals surface area contributed by atoms with E-state index >= 15 is 0 Å². The summed E-state index contributed by atoms with van der Waals surface area (Å²) < 4.78 is 5.37. The third-order valence-electron chi connectivity index (χ3n) is 2.82. The maximum absolute atomic E-state index is 12.1. The Kier molecular flexibility index (Phi) is 2.64. The molecule has 1 atom stereocenters. The molecule has 0 bridgehead atoms. The predicted octanol–water partition coefficient (Wildman–Crippen LogP) is 0.751. The van der Waals surface area contributed by atoms with E-state index in [4.69, 9.17) is 9.57 Å². The molecule has 0 aromatic carbocycles. The molecule has 0 spiro atoms. The molecule has 1 aromatic heterocycles. The van der Waals surface area contributed by atoms with Gasteiger partial charge in [-0.3, -0.25) is 9.63 Å². The molecule has 0 aliphatic carbocycles. The van der Waals surface area contributed by atoms with Crippen molar-refractivity contribution in [3.8, 4) is 0 Å². The van der Waals surface area contributed by atoms with Gasteiger partial charge in [0, 0.05) is 18.5 Å². The molecule has 0 N–H and O–H groups in total. The van der Waals surface area contributed by atoms with Gasteiger partial charge in [0.05, 0.1) is 12.1 Å². The smallest absolute Gasteiger partial charge is 0.254 e. The lowest BCUT2D eigenvalue weighted by atomic mass is 10.2. The van der Waals surface area contributed by atoms with Gasteiger partial charge in [0.1, 0.15) is 0 Å². The second-order valence-corrected chi connectivity index (χ2v) is 4.55. The van der Waals surface area contributed by atoms with E-state index in [-0.39, 0.29) is 12.1 Å². The summed E-state index contributed by atoms with van der Waals surface area (Å²) in [5.74, 6) is 0.0800. The lowest BCUT2D eigenvalue weighted by molar-refractivity contribution is -0.151. The number of nitrogens with zero attached hydrogens (tertiary/aromatic N) is 2. The summed E-state index contributed by atoms with van der Waals surface area (Å²) in [5, 5.41) is 5.59. The standard InChI is InChI=1S/C10H12N2O3S/c13-10(8-1-4-16-6-8)11-2-3-12-9(5-11)14-7-15-12/h1,4,6,9H,2-3,5,7H2. The molecule has 16 heavy (non-hydrogen) atoms. The van der Waals surface area contributed by atoms with Gasteiger partial charge < -0.3 is 9.64 Å². The number of hydroxylamine groups is 2. The second kappa shape index (κ2) is 4.14. The van der Waals surface area contributed by atoms with Crippen LogP contribution in [0.1, 0.15) is 10.4 Å². The number of carbonyl (C=O) groups is 1. The van der Waals surface area contributed by atoms with Crippen LogP contribution in [-0.4, -0.2) is 48.5 Å². The number of amides is 1. The zero-order valence-corrected chi connectivity index (χ0v) is 9.48. The van der Waals surface area contributed by atoms with Gasteiger partial charge in [-0.05, 0) is 11.4 Å². The van der Waals surface area contributed by atoms with Crippen LogP contribution in [0.2, 0.25) is 0 Å². The van der Waals surface area contributed by atoms with Crippen molar-refractivity contribution < 1.29 is 14.4 Å². The fourth-order valence-corrected chi connectivity index (χ4v) is 2.58. The Hall–Kier alpha value is -0.950. The highest BCUT2D eigenvalue weighted by atomic mass is 32.1. The van der Waals surface area contributed by atoms with Gasteiger partial charge in [0.15, 0.2) is 13.0 Å². The van der Waals surface area contributed by atoms with Gasteiger partial charge in [0.2, 0.25) is 0 Å². The van der Waals surface area contributed by atoms with Crippen molar-refractivity contribution in [2.75, 3.05) is 26.4 Å². The average molecular weight is 240 g/mol. The van der Waals surface area contributed by atoms with E-state index in [0.29, 0.717) is 26.4 Å². The van der Waals surface area contributed by atoms with E-state index in [1.807, 2.05) is 21.7 Å². The number of carbonyl (C=O) groups excluding carboxylic acids is 1. The van der Waals surface area contributed by atoms with Crippen molar-refractivity contribution >= 4 is 17.2 Å². The Morgan fingerprint density at radius 1 is 1.50 bits per heavy atom. The van der Waals surface area contributed by atoms with Crippen molar-refractivity contribution in [1.29, 1.82) is 0 Å². The average Bonchev–Trinajstić information content (AvgIpc) is 2.98. The zero-order chi connectivity index (χ0) is 11.0. The summed E-state index contributed by atoms with van der Waals surface area (Å²) in [6.07, 6.45) is -0.101. The summed E-state index contributed by atoms with van der Waals surface area (Å²) in [7, 11) is 0. The van der Waals surface area contributed by atoms with Gasteiger partial charge in [-0.25, -0.2) is 0 Å². The highest BCUT2D eigenvalue weighted by Crippen LogP contribution is 2.19. The van der Waals surface area contributed by atoms with Crippen LogP contribution in [0.15, 0.2) is 16.8 Å². The first kappa shape index (κ1) is 10.2. The molecule has 1 amide bonds.